The second-order valence-electron chi connectivity index (χ2n) is 6.72. The third-order valence-corrected chi connectivity index (χ3v) is 5.28. The highest BCUT2D eigenvalue weighted by Crippen LogP contribution is 2.25. The van der Waals surface area contributed by atoms with E-state index in [1.54, 1.807) is 24.3 Å². The fourth-order valence-electron chi connectivity index (χ4n) is 2.95. The van der Waals surface area contributed by atoms with Crippen molar-refractivity contribution < 1.29 is 32.1 Å². The zero-order valence-corrected chi connectivity index (χ0v) is 16.4. The highest BCUT2D eigenvalue weighted by molar-refractivity contribution is 7.85. The minimum absolute atomic E-state index is 0.0189. The summed E-state index contributed by atoms with van der Waals surface area (Å²) in [5.74, 6) is -1.78. The standard InChI is InChI=1S/C20H19NO7S/c1-13-4-7-15(8-5-13)28-20(24)14-6-9-16-17(12-14)19(23)21(18(16)22)10-2-3-11-29(25,26)27/h4-9,12H,2-3,10-11H2,1H3,(H,25,26,27). The van der Waals surface area contributed by atoms with E-state index in [1.165, 1.54) is 18.2 Å². The van der Waals surface area contributed by atoms with Gasteiger partial charge in [0.15, 0.2) is 0 Å². The molecule has 0 saturated heterocycles. The lowest BCUT2D eigenvalue weighted by Crippen LogP contribution is -2.30. The summed E-state index contributed by atoms with van der Waals surface area (Å²) >= 11 is 0. The lowest BCUT2D eigenvalue weighted by Gasteiger charge is -2.12. The van der Waals surface area contributed by atoms with Crippen LogP contribution in [0.1, 0.15) is 49.5 Å². The number of hydrogen-bond donors (Lipinski definition) is 1. The molecule has 3 rings (SSSR count). The Bertz CT molecular complexity index is 1070. The molecule has 0 bridgehead atoms. The molecule has 1 heterocycles. The maximum Gasteiger partial charge on any atom is 0.343 e. The monoisotopic (exact) mass is 417 g/mol. The Morgan fingerprint density at radius 2 is 1.66 bits per heavy atom. The van der Waals surface area contributed by atoms with Crippen LogP contribution in [-0.4, -0.2) is 48.0 Å². The van der Waals surface area contributed by atoms with Crippen LogP contribution >= 0.6 is 0 Å². The number of nitrogens with zero attached hydrogens (tertiary/aromatic N) is 1. The van der Waals surface area contributed by atoms with Gasteiger partial charge < -0.3 is 4.74 Å². The van der Waals surface area contributed by atoms with E-state index in [2.05, 4.69) is 0 Å². The van der Waals surface area contributed by atoms with Gasteiger partial charge in [0.2, 0.25) is 0 Å². The highest BCUT2D eigenvalue weighted by Gasteiger charge is 2.35. The van der Waals surface area contributed by atoms with Crippen LogP contribution in [-0.2, 0) is 10.1 Å². The minimum Gasteiger partial charge on any atom is -0.423 e. The van der Waals surface area contributed by atoms with Gasteiger partial charge in [0.1, 0.15) is 5.75 Å². The van der Waals surface area contributed by atoms with E-state index < -0.39 is 33.7 Å². The normalized spacial score (nSPS) is 13.5. The number of unbranched alkanes of at least 4 members (excludes halogenated alkanes) is 1. The third kappa shape index (κ3) is 4.87. The molecule has 2 aromatic carbocycles. The minimum atomic E-state index is -4.08. The van der Waals surface area contributed by atoms with Gasteiger partial charge in [0, 0.05) is 6.54 Å². The van der Waals surface area contributed by atoms with Crippen LogP contribution < -0.4 is 4.74 Å². The zero-order chi connectivity index (χ0) is 21.2. The Kier molecular flexibility index (Phi) is 5.81. The van der Waals surface area contributed by atoms with E-state index in [1.807, 2.05) is 6.92 Å². The summed E-state index contributed by atoms with van der Waals surface area (Å²) in [5, 5.41) is 0. The lowest BCUT2D eigenvalue weighted by atomic mass is 10.1. The summed E-state index contributed by atoms with van der Waals surface area (Å²) in [5.41, 5.74) is 1.43. The summed E-state index contributed by atoms with van der Waals surface area (Å²) < 4.78 is 35.5. The third-order valence-electron chi connectivity index (χ3n) is 4.47. The Labute approximate surface area is 167 Å². The average molecular weight is 417 g/mol. The Balaban J connectivity index is 1.69. The summed E-state index contributed by atoms with van der Waals surface area (Å²) in [6, 6.07) is 11.1. The van der Waals surface area contributed by atoms with E-state index in [4.69, 9.17) is 9.29 Å². The van der Waals surface area contributed by atoms with Crippen LogP contribution in [0.15, 0.2) is 42.5 Å². The predicted octanol–water partition coefficient (Wildman–Crippen LogP) is 2.48. The molecule has 0 unspecified atom stereocenters. The van der Waals surface area contributed by atoms with E-state index in [0.717, 1.165) is 10.5 Å². The van der Waals surface area contributed by atoms with Crippen molar-refractivity contribution in [3.8, 4) is 5.75 Å². The maximum atomic E-state index is 12.6. The van der Waals surface area contributed by atoms with Crippen LogP contribution in [0.25, 0.3) is 0 Å². The molecule has 2 aromatic rings. The van der Waals surface area contributed by atoms with Gasteiger partial charge >= 0.3 is 5.97 Å². The van der Waals surface area contributed by atoms with Crippen LogP contribution in [0.2, 0.25) is 0 Å². The molecular weight excluding hydrogens is 398 g/mol. The molecule has 1 aliphatic rings. The number of amides is 2. The molecule has 0 radical (unpaired) electrons. The number of benzene rings is 2. The fraction of sp³-hybridized carbons (Fsp3) is 0.250. The van der Waals surface area contributed by atoms with Crippen molar-refractivity contribution in [3.63, 3.8) is 0 Å². The molecule has 0 fully saturated rings. The van der Waals surface area contributed by atoms with Gasteiger partial charge in [0.05, 0.1) is 22.4 Å². The molecule has 0 saturated carbocycles. The predicted molar refractivity (Wildman–Crippen MR) is 104 cm³/mol. The fourth-order valence-corrected chi connectivity index (χ4v) is 3.52. The molecule has 1 N–H and O–H groups in total. The molecule has 0 atom stereocenters. The molecule has 0 aliphatic carbocycles. The van der Waals surface area contributed by atoms with Crippen molar-refractivity contribution in [2.45, 2.75) is 19.8 Å². The van der Waals surface area contributed by atoms with Gasteiger partial charge in [-0.2, -0.15) is 8.42 Å². The number of esters is 1. The highest BCUT2D eigenvalue weighted by atomic mass is 32.2. The Morgan fingerprint density at radius 3 is 2.31 bits per heavy atom. The number of aryl methyl sites for hydroxylation is 1. The summed E-state index contributed by atoms with van der Waals surface area (Å²) in [4.78, 5) is 38.3. The molecule has 0 aromatic heterocycles. The van der Waals surface area contributed by atoms with Crippen LogP contribution in [0.5, 0.6) is 5.75 Å². The first-order valence-corrected chi connectivity index (χ1v) is 10.5. The van der Waals surface area contributed by atoms with Gasteiger partial charge in [-0.15, -0.1) is 0 Å². The van der Waals surface area contributed by atoms with Crippen LogP contribution in [0.3, 0.4) is 0 Å². The average Bonchev–Trinajstić information content (AvgIpc) is 2.90. The second kappa shape index (κ2) is 8.14. The Morgan fingerprint density at radius 1 is 1.00 bits per heavy atom. The molecule has 2 amide bonds. The number of imide groups is 1. The van der Waals surface area contributed by atoms with E-state index in [9.17, 15) is 22.8 Å². The van der Waals surface area contributed by atoms with Gasteiger partial charge in [-0.1, -0.05) is 17.7 Å². The first kappa shape index (κ1) is 20.7. The first-order valence-electron chi connectivity index (χ1n) is 8.90. The summed E-state index contributed by atoms with van der Waals surface area (Å²) in [7, 11) is -4.08. The van der Waals surface area contributed by atoms with Crippen LogP contribution in [0, 0.1) is 6.92 Å². The summed E-state index contributed by atoms with van der Waals surface area (Å²) in [6.07, 6.45) is 0.341. The Hall–Kier alpha value is -3.04. The van der Waals surface area contributed by atoms with Gasteiger partial charge in [-0.05, 0) is 50.1 Å². The molecule has 1 aliphatic heterocycles. The molecule has 29 heavy (non-hydrogen) atoms. The SMILES string of the molecule is Cc1ccc(OC(=O)c2ccc3c(c2)C(=O)N(CCCCS(=O)(=O)O)C3=O)cc1. The van der Waals surface area contributed by atoms with Crippen molar-refractivity contribution in [1.29, 1.82) is 0 Å². The van der Waals surface area contributed by atoms with E-state index in [-0.39, 0.29) is 36.1 Å². The molecular formula is C20H19NO7S. The molecule has 8 nitrogen and oxygen atoms in total. The number of hydrogen-bond acceptors (Lipinski definition) is 6. The first-order chi connectivity index (χ1) is 13.7. The van der Waals surface area contributed by atoms with Crippen molar-refractivity contribution in [1.82, 2.24) is 4.90 Å². The molecule has 0 spiro atoms. The number of rotatable bonds is 7. The number of carbonyl (C=O) groups is 3. The second-order valence-corrected chi connectivity index (χ2v) is 8.29. The number of carbonyl (C=O) groups excluding carboxylic acids is 3. The van der Waals surface area contributed by atoms with Crippen molar-refractivity contribution in [2.24, 2.45) is 0 Å². The number of ether oxygens (including phenoxy) is 1. The van der Waals surface area contributed by atoms with E-state index in [0.29, 0.717) is 5.75 Å². The van der Waals surface area contributed by atoms with Crippen molar-refractivity contribution >= 4 is 27.9 Å². The van der Waals surface area contributed by atoms with Crippen molar-refractivity contribution in [2.75, 3.05) is 12.3 Å². The van der Waals surface area contributed by atoms with E-state index >= 15 is 0 Å². The largest absolute Gasteiger partial charge is 0.423 e. The zero-order valence-electron chi connectivity index (χ0n) is 15.6. The maximum absolute atomic E-state index is 12.6. The van der Waals surface area contributed by atoms with Crippen molar-refractivity contribution in [3.05, 3.63) is 64.7 Å². The quantitative estimate of drug-likeness (QED) is 0.242. The van der Waals surface area contributed by atoms with Crippen LogP contribution in [0.4, 0.5) is 0 Å². The molecule has 152 valence electrons. The summed E-state index contributed by atoms with van der Waals surface area (Å²) in [6.45, 7) is 1.92. The smallest absolute Gasteiger partial charge is 0.343 e. The number of fused-ring (bicyclic) bond motifs is 1. The van der Waals surface area contributed by atoms with Gasteiger partial charge in [-0.3, -0.25) is 19.0 Å². The lowest BCUT2D eigenvalue weighted by molar-refractivity contribution is 0.0651. The molecule has 9 heteroatoms. The topological polar surface area (TPSA) is 118 Å². The van der Waals surface area contributed by atoms with Gasteiger partial charge in [-0.25, -0.2) is 4.79 Å². The van der Waals surface area contributed by atoms with Gasteiger partial charge in [0.25, 0.3) is 21.9 Å².